The molecule has 0 heterocycles. The molecule has 0 aliphatic heterocycles. The standard InChI is InChI=1S/C15H15ClN2O/c1-10-13(16)7-4-8-14(10)18(2)15(19)11-5-3-6-12(17)9-11/h3-9H,17H2,1-2H3. The van der Waals surface area contributed by atoms with Crippen molar-refractivity contribution in [2.24, 2.45) is 0 Å². The molecule has 4 heteroatoms. The highest BCUT2D eigenvalue weighted by atomic mass is 35.5. The number of nitrogens with zero attached hydrogens (tertiary/aromatic N) is 1. The van der Waals surface area contributed by atoms with Crippen LogP contribution in [0.3, 0.4) is 0 Å². The van der Waals surface area contributed by atoms with Crippen molar-refractivity contribution in [2.75, 3.05) is 17.7 Å². The van der Waals surface area contributed by atoms with E-state index in [-0.39, 0.29) is 5.91 Å². The van der Waals surface area contributed by atoms with Crippen molar-refractivity contribution in [1.29, 1.82) is 0 Å². The van der Waals surface area contributed by atoms with E-state index < -0.39 is 0 Å². The van der Waals surface area contributed by atoms with Gasteiger partial charge < -0.3 is 10.6 Å². The van der Waals surface area contributed by atoms with E-state index in [4.69, 9.17) is 17.3 Å². The van der Waals surface area contributed by atoms with Gasteiger partial charge in [0.05, 0.1) is 0 Å². The lowest BCUT2D eigenvalue weighted by atomic mass is 10.1. The number of hydrogen-bond donors (Lipinski definition) is 1. The number of anilines is 2. The van der Waals surface area contributed by atoms with Crippen LogP contribution in [0.15, 0.2) is 42.5 Å². The minimum atomic E-state index is -0.113. The Morgan fingerprint density at radius 3 is 2.58 bits per heavy atom. The van der Waals surface area contributed by atoms with Crippen LogP contribution in [0, 0.1) is 6.92 Å². The van der Waals surface area contributed by atoms with E-state index in [1.807, 2.05) is 19.1 Å². The summed E-state index contributed by atoms with van der Waals surface area (Å²) in [6, 6.07) is 12.4. The van der Waals surface area contributed by atoms with Crippen LogP contribution in [-0.2, 0) is 0 Å². The molecule has 2 aromatic rings. The van der Waals surface area contributed by atoms with Crippen molar-refractivity contribution in [3.8, 4) is 0 Å². The summed E-state index contributed by atoms with van der Waals surface area (Å²) in [5, 5.41) is 0.643. The number of hydrogen-bond acceptors (Lipinski definition) is 2. The molecule has 0 aromatic heterocycles. The maximum atomic E-state index is 12.4. The Bertz CT molecular complexity index is 625. The summed E-state index contributed by atoms with van der Waals surface area (Å²) in [5.41, 5.74) is 8.50. The first-order chi connectivity index (χ1) is 9.00. The van der Waals surface area contributed by atoms with Crippen molar-refractivity contribution >= 4 is 28.9 Å². The third-order valence-corrected chi connectivity index (χ3v) is 3.45. The molecule has 0 atom stereocenters. The number of carbonyl (C=O) groups is 1. The zero-order valence-electron chi connectivity index (χ0n) is 10.9. The molecular weight excluding hydrogens is 260 g/mol. The van der Waals surface area contributed by atoms with E-state index in [9.17, 15) is 4.79 Å². The highest BCUT2D eigenvalue weighted by molar-refractivity contribution is 6.31. The predicted octanol–water partition coefficient (Wildman–Crippen LogP) is 3.51. The van der Waals surface area contributed by atoms with Gasteiger partial charge in [0.25, 0.3) is 5.91 Å². The van der Waals surface area contributed by atoms with Crippen LogP contribution < -0.4 is 10.6 Å². The summed E-state index contributed by atoms with van der Waals surface area (Å²) < 4.78 is 0. The minimum absolute atomic E-state index is 0.113. The van der Waals surface area contributed by atoms with Crippen LogP contribution >= 0.6 is 11.6 Å². The van der Waals surface area contributed by atoms with Crippen LogP contribution in [0.25, 0.3) is 0 Å². The fourth-order valence-electron chi connectivity index (χ4n) is 1.93. The Balaban J connectivity index is 2.36. The third kappa shape index (κ3) is 2.71. The molecule has 0 saturated heterocycles. The van der Waals surface area contributed by atoms with Gasteiger partial charge in [-0.05, 0) is 42.8 Å². The largest absolute Gasteiger partial charge is 0.399 e. The molecule has 0 bridgehead atoms. The lowest BCUT2D eigenvalue weighted by Crippen LogP contribution is -2.27. The molecule has 0 saturated carbocycles. The van der Waals surface area contributed by atoms with E-state index in [1.54, 1.807) is 42.3 Å². The van der Waals surface area contributed by atoms with Gasteiger partial charge in [-0.15, -0.1) is 0 Å². The third-order valence-electron chi connectivity index (χ3n) is 3.04. The number of carbonyl (C=O) groups excluding carboxylic acids is 1. The van der Waals surface area contributed by atoms with Crippen LogP contribution in [0.1, 0.15) is 15.9 Å². The Morgan fingerprint density at radius 1 is 1.21 bits per heavy atom. The Morgan fingerprint density at radius 2 is 1.89 bits per heavy atom. The minimum Gasteiger partial charge on any atom is -0.399 e. The zero-order chi connectivity index (χ0) is 14.0. The molecule has 3 nitrogen and oxygen atoms in total. The van der Waals surface area contributed by atoms with Gasteiger partial charge in [0.1, 0.15) is 0 Å². The number of amides is 1. The first-order valence-electron chi connectivity index (χ1n) is 5.89. The Labute approximate surface area is 117 Å². The van der Waals surface area contributed by atoms with Gasteiger partial charge >= 0.3 is 0 Å². The SMILES string of the molecule is Cc1c(Cl)cccc1N(C)C(=O)c1cccc(N)c1. The number of nitrogens with two attached hydrogens (primary N) is 1. The van der Waals surface area contributed by atoms with Gasteiger partial charge in [0, 0.05) is 29.0 Å². The summed E-state index contributed by atoms with van der Waals surface area (Å²) in [7, 11) is 1.73. The van der Waals surface area contributed by atoms with Gasteiger partial charge in [0.15, 0.2) is 0 Å². The van der Waals surface area contributed by atoms with E-state index in [0.717, 1.165) is 11.3 Å². The average molecular weight is 275 g/mol. The second-order valence-electron chi connectivity index (χ2n) is 4.37. The average Bonchev–Trinajstić information content (AvgIpc) is 2.40. The smallest absolute Gasteiger partial charge is 0.258 e. The molecule has 1 amide bonds. The monoisotopic (exact) mass is 274 g/mol. The molecule has 0 spiro atoms. The quantitative estimate of drug-likeness (QED) is 0.852. The number of nitrogen functional groups attached to an aromatic ring is 1. The van der Waals surface area contributed by atoms with Crippen LogP contribution in [-0.4, -0.2) is 13.0 Å². The normalized spacial score (nSPS) is 10.3. The van der Waals surface area contributed by atoms with Gasteiger partial charge in [-0.25, -0.2) is 0 Å². The molecule has 0 fully saturated rings. The lowest BCUT2D eigenvalue weighted by Gasteiger charge is -2.20. The first-order valence-corrected chi connectivity index (χ1v) is 6.27. The van der Waals surface area contributed by atoms with Crippen LogP contribution in [0.2, 0.25) is 5.02 Å². The molecule has 0 unspecified atom stereocenters. The van der Waals surface area contributed by atoms with Gasteiger partial charge in [-0.2, -0.15) is 0 Å². The number of halogens is 1. The molecule has 0 aliphatic carbocycles. The maximum Gasteiger partial charge on any atom is 0.258 e. The van der Waals surface area contributed by atoms with Crippen LogP contribution in [0.5, 0.6) is 0 Å². The van der Waals surface area contributed by atoms with E-state index >= 15 is 0 Å². The molecule has 0 radical (unpaired) electrons. The summed E-state index contributed by atoms with van der Waals surface area (Å²) in [6.07, 6.45) is 0. The summed E-state index contributed by atoms with van der Waals surface area (Å²) in [5.74, 6) is -0.113. The molecule has 2 N–H and O–H groups in total. The summed E-state index contributed by atoms with van der Waals surface area (Å²) in [6.45, 7) is 1.89. The van der Waals surface area contributed by atoms with E-state index in [2.05, 4.69) is 0 Å². The molecule has 98 valence electrons. The maximum absolute atomic E-state index is 12.4. The Hall–Kier alpha value is -2.00. The van der Waals surface area contributed by atoms with Crippen molar-refractivity contribution in [3.63, 3.8) is 0 Å². The van der Waals surface area contributed by atoms with Gasteiger partial charge in [0.2, 0.25) is 0 Å². The number of benzene rings is 2. The van der Waals surface area contributed by atoms with E-state index in [1.165, 1.54) is 0 Å². The molecule has 2 rings (SSSR count). The highest BCUT2D eigenvalue weighted by Crippen LogP contribution is 2.26. The zero-order valence-corrected chi connectivity index (χ0v) is 11.6. The fourth-order valence-corrected chi connectivity index (χ4v) is 2.10. The Kier molecular flexibility index (Phi) is 3.76. The first kappa shape index (κ1) is 13.4. The number of rotatable bonds is 2. The van der Waals surface area contributed by atoms with Crippen molar-refractivity contribution in [3.05, 3.63) is 58.6 Å². The van der Waals surface area contributed by atoms with Gasteiger partial charge in [-0.3, -0.25) is 4.79 Å². The second-order valence-corrected chi connectivity index (χ2v) is 4.78. The summed E-state index contributed by atoms with van der Waals surface area (Å²) in [4.78, 5) is 14.0. The lowest BCUT2D eigenvalue weighted by molar-refractivity contribution is 0.0993. The highest BCUT2D eigenvalue weighted by Gasteiger charge is 2.16. The molecular formula is C15H15ClN2O. The van der Waals surface area contributed by atoms with Crippen LogP contribution in [0.4, 0.5) is 11.4 Å². The molecule has 0 aliphatic rings. The van der Waals surface area contributed by atoms with Crippen molar-refractivity contribution < 1.29 is 4.79 Å². The van der Waals surface area contributed by atoms with E-state index in [0.29, 0.717) is 16.3 Å². The second kappa shape index (κ2) is 5.33. The van der Waals surface area contributed by atoms with Crippen molar-refractivity contribution in [2.45, 2.75) is 6.92 Å². The van der Waals surface area contributed by atoms with Crippen molar-refractivity contribution in [1.82, 2.24) is 0 Å². The molecule has 19 heavy (non-hydrogen) atoms. The van der Waals surface area contributed by atoms with Gasteiger partial charge in [-0.1, -0.05) is 23.7 Å². The fraction of sp³-hybridized carbons (Fsp3) is 0.133. The summed E-state index contributed by atoms with van der Waals surface area (Å²) >= 11 is 6.08. The topological polar surface area (TPSA) is 46.3 Å². The molecule has 2 aromatic carbocycles. The predicted molar refractivity (Wildman–Crippen MR) is 79.8 cm³/mol.